The third kappa shape index (κ3) is 2.04. The summed E-state index contributed by atoms with van der Waals surface area (Å²) in [5.41, 5.74) is 3.66. The fourth-order valence-corrected chi connectivity index (χ4v) is 1.84. The van der Waals surface area contributed by atoms with Crippen molar-refractivity contribution in [1.82, 2.24) is 4.98 Å². The molecule has 1 aromatic carbocycles. The highest BCUT2D eigenvalue weighted by Crippen LogP contribution is 2.21. The lowest BCUT2D eigenvalue weighted by atomic mass is 10.1. The Morgan fingerprint density at radius 2 is 2.07 bits per heavy atom. The van der Waals surface area contributed by atoms with Crippen molar-refractivity contribution in [1.29, 1.82) is 5.26 Å². The van der Waals surface area contributed by atoms with Crippen molar-refractivity contribution < 1.29 is 5.11 Å². The zero-order chi connectivity index (χ0) is 10.7. The lowest BCUT2D eigenvalue weighted by molar-refractivity contribution is 0.216. The Bertz CT molecular complexity index is 470. The van der Waals surface area contributed by atoms with E-state index in [0.717, 1.165) is 5.56 Å². The molecular formula is C11H8N2OS. The molecule has 0 saturated heterocycles. The van der Waals surface area contributed by atoms with Gasteiger partial charge in [-0.05, 0) is 17.7 Å². The maximum atomic E-state index is 9.91. The van der Waals surface area contributed by atoms with Crippen molar-refractivity contribution in [3.63, 3.8) is 0 Å². The third-order valence-corrected chi connectivity index (χ3v) is 2.69. The largest absolute Gasteiger partial charge is 0.382 e. The summed E-state index contributed by atoms with van der Waals surface area (Å²) in [7, 11) is 0. The predicted molar refractivity (Wildman–Crippen MR) is 57.3 cm³/mol. The summed E-state index contributed by atoms with van der Waals surface area (Å²) in [6.07, 6.45) is -0.705. The summed E-state index contributed by atoms with van der Waals surface area (Å²) < 4.78 is 0. The molecule has 0 saturated carbocycles. The zero-order valence-electron chi connectivity index (χ0n) is 7.79. The fourth-order valence-electron chi connectivity index (χ4n) is 1.27. The van der Waals surface area contributed by atoms with Crippen LogP contribution in [0.15, 0.2) is 35.2 Å². The van der Waals surface area contributed by atoms with Gasteiger partial charge in [-0.1, -0.05) is 12.1 Å². The van der Waals surface area contributed by atoms with Crippen molar-refractivity contribution in [3.8, 4) is 6.07 Å². The maximum absolute atomic E-state index is 9.91. The molecule has 74 valence electrons. The van der Waals surface area contributed by atoms with Crippen LogP contribution in [0.3, 0.4) is 0 Å². The van der Waals surface area contributed by atoms with Crippen LogP contribution in [-0.2, 0) is 0 Å². The van der Waals surface area contributed by atoms with Crippen LogP contribution < -0.4 is 0 Å². The van der Waals surface area contributed by atoms with Crippen molar-refractivity contribution in [2.24, 2.45) is 0 Å². The first-order valence-electron chi connectivity index (χ1n) is 4.37. The molecule has 2 aromatic rings. The number of aliphatic hydroxyl groups excluding tert-OH is 1. The van der Waals surface area contributed by atoms with Crippen molar-refractivity contribution >= 4 is 11.3 Å². The van der Waals surface area contributed by atoms with Gasteiger partial charge >= 0.3 is 0 Å². The maximum Gasteiger partial charge on any atom is 0.122 e. The second-order valence-corrected chi connectivity index (χ2v) is 3.77. The van der Waals surface area contributed by atoms with Crippen LogP contribution in [-0.4, -0.2) is 10.1 Å². The van der Waals surface area contributed by atoms with Crippen molar-refractivity contribution in [2.45, 2.75) is 6.10 Å². The molecule has 0 spiro atoms. The van der Waals surface area contributed by atoms with Crippen LogP contribution in [0.4, 0.5) is 0 Å². The van der Waals surface area contributed by atoms with E-state index in [2.05, 4.69) is 4.98 Å². The van der Waals surface area contributed by atoms with E-state index in [0.29, 0.717) is 11.3 Å². The minimum atomic E-state index is -0.705. The molecule has 0 bridgehead atoms. The minimum absolute atomic E-state index is 0.587. The van der Waals surface area contributed by atoms with Gasteiger partial charge in [0.1, 0.15) is 6.10 Å². The summed E-state index contributed by atoms with van der Waals surface area (Å²) in [5, 5.41) is 20.3. The predicted octanol–water partition coefficient (Wildman–Crippen LogP) is 2.10. The second-order valence-electron chi connectivity index (χ2n) is 3.05. The molecule has 0 aliphatic heterocycles. The molecule has 1 atom stereocenters. The van der Waals surface area contributed by atoms with Crippen LogP contribution in [0.1, 0.15) is 22.9 Å². The van der Waals surface area contributed by atoms with E-state index in [1.54, 1.807) is 29.8 Å². The third-order valence-electron chi connectivity index (χ3n) is 2.09. The Hall–Kier alpha value is -1.70. The number of rotatable bonds is 2. The van der Waals surface area contributed by atoms with Gasteiger partial charge in [-0.3, -0.25) is 0 Å². The number of aliphatic hydroxyl groups is 1. The van der Waals surface area contributed by atoms with E-state index in [1.807, 2.05) is 11.4 Å². The molecule has 0 fully saturated rings. The number of benzene rings is 1. The molecule has 2 rings (SSSR count). The standard InChI is InChI=1S/C11H8N2OS/c12-5-8-1-3-9(4-2-8)11(14)10-6-15-7-13-10/h1-4,6-7,11,14H. The number of hydrogen-bond acceptors (Lipinski definition) is 4. The van der Waals surface area contributed by atoms with Gasteiger partial charge in [0.15, 0.2) is 0 Å². The summed E-state index contributed by atoms with van der Waals surface area (Å²) in [6, 6.07) is 8.88. The average molecular weight is 216 g/mol. The average Bonchev–Trinajstić information content (AvgIpc) is 2.82. The molecule has 0 aliphatic rings. The number of nitrogens with zero attached hydrogens (tertiary/aromatic N) is 2. The van der Waals surface area contributed by atoms with Crippen LogP contribution in [0.25, 0.3) is 0 Å². The molecule has 1 heterocycles. The summed E-state index contributed by atoms with van der Waals surface area (Å²) >= 11 is 1.45. The molecule has 4 heteroatoms. The summed E-state index contributed by atoms with van der Waals surface area (Å²) in [6.45, 7) is 0. The molecular weight excluding hydrogens is 208 g/mol. The normalized spacial score (nSPS) is 12.0. The topological polar surface area (TPSA) is 56.9 Å². The van der Waals surface area contributed by atoms with Gasteiger partial charge < -0.3 is 5.11 Å². The molecule has 1 unspecified atom stereocenters. The van der Waals surface area contributed by atoms with Gasteiger partial charge in [0.05, 0.1) is 22.8 Å². The smallest absolute Gasteiger partial charge is 0.122 e. The molecule has 1 N–H and O–H groups in total. The Kier molecular flexibility index (Phi) is 2.77. The van der Waals surface area contributed by atoms with Crippen LogP contribution in [0.2, 0.25) is 0 Å². The first-order valence-corrected chi connectivity index (χ1v) is 5.32. The highest BCUT2D eigenvalue weighted by Gasteiger charge is 2.11. The van der Waals surface area contributed by atoms with Gasteiger partial charge in [-0.25, -0.2) is 4.98 Å². The van der Waals surface area contributed by atoms with Crippen LogP contribution in [0.5, 0.6) is 0 Å². The molecule has 1 aromatic heterocycles. The van der Waals surface area contributed by atoms with E-state index < -0.39 is 6.10 Å². The van der Waals surface area contributed by atoms with Gasteiger partial charge in [-0.2, -0.15) is 5.26 Å². The van der Waals surface area contributed by atoms with Gasteiger partial charge in [0.2, 0.25) is 0 Å². The Balaban J connectivity index is 2.27. The van der Waals surface area contributed by atoms with Gasteiger partial charge in [0, 0.05) is 5.38 Å². The molecule has 0 amide bonds. The Labute approximate surface area is 91.3 Å². The highest BCUT2D eigenvalue weighted by molar-refractivity contribution is 7.07. The van der Waals surface area contributed by atoms with E-state index in [9.17, 15) is 5.11 Å². The Morgan fingerprint density at radius 3 is 2.60 bits per heavy atom. The first-order chi connectivity index (χ1) is 7.31. The monoisotopic (exact) mass is 216 g/mol. The van der Waals surface area contributed by atoms with E-state index in [4.69, 9.17) is 5.26 Å². The molecule has 3 nitrogen and oxygen atoms in total. The summed E-state index contributed by atoms with van der Waals surface area (Å²) in [5.74, 6) is 0. The lowest BCUT2D eigenvalue weighted by Gasteiger charge is -2.07. The van der Waals surface area contributed by atoms with Crippen LogP contribution >= 0.6 is 11.3 Å². The highest BCUT2D eigenvalue weighted by atomic mass is 32.1. The van der Waals surface area contributed by atoms with E-state index >= 15 is 0 Å². The lowest BCUT2D eigenvalue weighted by Crippen LogP contribution is -1.99. The van der Waals surface area contributed by atoms with Crippen molar-refractivity contribution in [2.75, 3.05) is 0 Å². The number of nitriles is 1. The van der Waals surface area contributed by atoms with E-state index in [1.165, 1.54) is 11.3 Å². The first kappa shape index (κ1) is 9.84. The number of thiazole rings is 1. The Morgan fingerprint density at radius 1 is 1.33 bits per heavy atom. The SMILES string of the molecule is N#Cc1ccc(C(O)c2cscn2)cc1. The van der Waals surface area contributed by atoms with E-state index in [-0.39, 0.29) is 0 Å². The quantitative estimate of drug-likeness (QED) is 0.836. The number of aromatic nitrogens is 1. The minimum Gasteiger partial charge on any atom is -0.382 e. The summed E-state index contributed by atoms with van der Waals surface area (Å²) in [4.78, 5) is 4.04. The van der Waals surface area contributed by atoms with Gasteiger partial charge in [0.25, 0.3) is 0 Å². The second kappa shape index (κ2) is 4.22. The van der Waals surface area contributed by atoms with Crippen molar-refractivity contribution in [3.05, 3.63) is 52.0 Å². The number of hydrogen-bond donors (Lipinski definition) is 1. The van der Waals surface area contributed by atoms with Gasteiger partial charge in [-0.15, -0.1) is 11.3 Å². The zero-order valence-corrected chi connectivity index (χ0v) is 8.61. The van der Waals surface area contributed by atoms with Crippen LogP contribution in [0, 0.1) is 11.3 Å². The molecule has 0 radical (unpaired) electrons. The molecule has 15 heavy (non-hydrogen) atoms. The fraction of sp³-hybridized carbons (Fsp3) is 0.0909. The molecule has 0 aliphatic carbocycles.